The molecule has 0 saturated carbocycles. The minimum absolute atomic E-state index is 0.115. The predicted octanol–water partition coefficient (Wildman–Crippen LogP) is 6.08. The molecule has 1 atom stereocenters. The van der Waals surface area contributed by atoms with Gasteiger partial charge in [-0.15, -0.1) is 0 Å². The molecule has 0 fully saturated rings. The van der Waals surface area contributed by atoms with Gasteiger partial charge in [-0.05, 0) is 62.1 Å². The number of hydrogen-bond acceptors (Lipinski definition) is 5. The van der Waals surface area contributed by atoms with E-state index in [0.29, 0.717) is 54.2 Å². The Balaban J connectivity index is 1.64. The lowest BCUT2D eigenvalue weighted by atomic mass is 9.97. The number of carbonyl (C=O) groups excluding carboxylic acids is 1. The molecule has 2 heterocycles. The summed E-state index contributed by atoms with van der Waals surface area (Å²) < 4.78 is 17.9. The summed E-state index contributed by atoms with van der Waals surface area (Å²) in [4.78, 5) is 29.3. The van der Waals surface area contributed by atoms with E-state index >= 15 is 0 Å². The largest absolute Gasteiger partial charge is 0.490 e. The number of carbonyl (C=O) groups is 1. The molecule has 0 aliphatic carbocycles. The Morgan fingerprint density at radius 2 is 1.73 bits per heavy atom. The average molecular weight is 498 g/mol. The Morgan fingerprint density at radius 3 is 2.49 bits per heavy atom. The first kappa shape index (κ1) is 24.6. The molecule has 0 spiro atoms. The van der Waals surface area contributed by atoms with Crippen LogP contribution < -0.4 is 14.9 Å². The van der Waals surface area contributed by atoms with Crippen molar-refractivity contribution in [2.75, 3.05) is 19.8 Å². The molecule has 1 amide bonds. The highest BCUT2D eigenvalue weighted by atomic mass is 16.5. The quantitative estimate of drug-likeness (QED) is 0.280. The lowest BCUT2D eigenvalue weighted by molar-refractivity contribution is 0.0729. The first-order valence-corrected chi connectivity index (χ1v) is 12.8. The highest BCUT2D eigenvalue weighted by Crippen LogP contribution is 2.41. The van der Waals surface area contributed by atoms with Crippen molar-refractivity contribution in [2.45, 2.75) is 39.7 Å². The normalized spacial score (nSPS) is 14.7. The van der Waals surface area contributed by atoms with E-state index in [1.165, 1.54) is 0 Å². The number of amides is 1. The molecule has 1 unspecified atom stereocenters. The van der Waals surface area contributed by atoms with E-state index in [2.05, 4.69) is 0 Å². The Kier molecular flexibility index (Phi) is 6.99. The van der Waals surface area contributed by atoms with Crippen LogP contribution in [-0.2, 0) is 6.42 Å². The van der Waals surface area contributed by atoms with Gasteiger partial charge in [0.05, 0.1) is 30.2 Å². The molecule has 0 saturated heterocycles. The van der Waals surface area contributed by atoms with Crippen molar-refractivity contribution >= 4 is 16.9 Å². The van der Waals surface area contributed by atoms with Crippen molar-refractivity contribution in [3.05, 3.63) is 105 Å². The fraction of sp³-hybridized carbons (Fsp3) is 0.290. The zero-order valence-corrected chi connectivity index (χ0v) is 21.5. The molecule has 0 radical (unpaired) electrons. The van der Waals surface area contributed by atoms with Crippen LogP contribution in [0.4, 0.5) is 0 Å². The third-order valence-corrected chi connectivity index (χ3v) is 6.65. The van der Waals surface area contributed by atoms with Crippen molar-refractivity contribution < 1.29 is 18.7 Å². The molecule has 1 aliphatic rings. The molecule has 1 aliphatic heterocycles. The van der Waals surface area contributed by atoms with Gasteiger partial charge in [-0.2, -0.15) is 0 Å². The third-order valence-electron chi connectivity index (χ3n) is 6.65. The zero-order chi connectivity index (χ0) is 25.9. The fourth-order valence-electron chi connectivity index (χ4n) is 4.90. The molecule has 37 heavy (non-hydrogen) atoms. The molecule has 6 heteroatoms. The molecule has 0 N–H and O–H groups in total. The average Bonchev–Trinajstić information content (AvgIpc) is 3.19. The van der Waals surface area contributed by atoms with Gasteiger partial charge in [0.2, 0.25) is 5.76 Å². The zero-order valence-electron chi connectivity index (χ0n) is 21.5. The fourth-order valence-corrected chi connectivity index (χ4v) is 4.90. The molecule has 5 rings (SSSR count). The van der Waals surface area contributed by atoms with Crippen LogP contribution in [0.5, 0.6) is 11.5 Å². The molecule has 3 aromatic carbocycles. The first-order valence-electron chi connectivity index (χ1n) is 12.8. The van der Waals surface area contributed by atoms with Gasteiger partial charge in [-0.1, -0.05) is 55.0 Å². The second kappa shape index (κ2) is 10.5. The van der Waals surface area contributed by atoms with Crippen LogP contribution in [0.3, 0.4) is 0 Å². The molecule has 4 aromatic rings. The molecule has 1 aromatic heterocycles. The van der Waals surface area contributed by atoms with Crippen molar-refractivity contribution in [1.29, 1.82) is 0 Å². The SMILES string of the molecule is CCCOc1ccc(C2c3c(oc4ccc(C)cc4c3=O)C(=O)N2CCc2ccccc2)cc1OCC. The van der Waals surface area contributed by atoms with Gasteiger partial charge in [-0.3, -0.25) is 9.59 Å². The van der Waals surface area contributed by atoms with Crippen LogP contribution in [0.15, 0.2) is 75.9 Å². The number of fused-ring (bicyclic) bond motifs is 2. The van der Waals surface area contributed by atoms with Crippen LogP contribution in [0.25, 0.3) is 11.0 Å². The van der Waals surface area contributed by atoms with Crippen molar-refractivity contribution in [1.82, 2.24) is 4.90 Å². The van der Waals surface area contributed by atoms with Gasteiger partial charge >= 0.3 is 0 Å². The molecule has 0 bridgehead atoms. The Bertz CT molecular complexity index is 1490. The Morgan fingerprint density at radius 1 is 0.919 bits per heavy atom. The van der Waals surface area contributed by atoms with Crippen molar-refractivity contribution in [2.24, 2.45) is 0 Å². The van der Waals surface area contributed by atoms with E-state index in [9.17, 15) is 9.59 Å². The topological polar surface area (TPSA) is 69.0 Å². The van der Waals surface area contributed by atoms with Gasteiger partial charge in [-0.25, -0.2) is 0 Å². The van der Waals surface area contributed by atoms with E-state index < -0.39 is 6.04 Å². The minimum Gasteiger partial charge on any atom is -0.490 e. The van der Waals surface area contributed by atoms with Gasteiger partial charge in [0, 0.05) is 6.54 Å². The smallest absolute Gasteiger partial charge is 0.290 e. The molecule has 190 valence electrons. The van der Waals surface area contributed by atoms with Crippen LogP contribution in [0.2, 0.25) is 0 Å². The summed E-state index contributed by atoms with van der Waals surface area (Å²) in [5, 5.41) is 0.481. The van der Waals surface area contributed by atoms with E-state index in [4.69, 9.17) is 13.9 Å². The predicted molar refractivity (Wildman–Crippen MR) is 144 cm³/mol. The van der Waals surface area contributed by atoms with Gasteiger partial charge < -0.3 is 18.8 Å². The highest BCUT2D eigenvalue weighted by molar-refractivity contribution is 5.99. The van der Waals surface area contributed by atoms with E-state index in [1.807, 2.05) is 81.4 Å². The summed E-state index contributed by atoms with van der Waals surface area (Å²) in [6.07, 6.45) is 1.53. The number of hydrogen-bond donors (Lipinski definition) is 0. The highest BCUT2D eigenvalue weighted by Gasteiger charge is 2.42. The number of nitrogens with zero attached hydrogens (tertiary/aromatic N) is 1. The second-order valence-corrected chi connectivity index (χ2v) is 9.30. The molecule has 6 nitrogen and oxygen atoms in total. The van der Waals surface area contributed by atoms with Crippen LogP contribution >= 0.6 is 0 Å². The number of aryl methyl sites for hydroxylation is 1. The number of ether oxygens (including phenoxy) is 2. The summed E-state index contributed by atoms with van der Waals surface area (Å²) in [7, 11) is 0. The van der Waals surface area contributed by atoms with Crippen LogP contribution in [0, 0.1) is 6.92 Å². The summed E-state index contributed by atoms with van der Waals surface area (Å²) >= 11 is 0. The third kappa shape index (κ3) is 4.71. The maximum absolute atomic E-state index is 13.8. The number of rotatable bonds is 9. The molecular weight excluding hydrogens is 466 g/mol. The van der Waals surface area contributed by atoms with E-state index in [-0.39, 0.29) is 17.1 Å². The lowest BCUT2D eigenvalue weighted by Gasteiger charge is -2.26. The number of benzene rings is 3. The Hall–Kier alpha value is -4.06. The monoisotopic (exact) mass is 497 g/mol. The Labute approximate surface area is 216 Å². The summed E-state index contributed by atoms with van der Waals surface area (Å²) in [5.74, 6) is 1.08. The standard InChI is InChI=1S/C31H31NO5/c1-4-17-36-25-14-12-22(19-26(25)35-5-2)28-27-29(33)23-18-20(3)11-13-24(23)37-30(27)31(34)32(28)16-15-21-9-7-6-8-10-21/h6-14,18-19,28H,4-5,15-17H2,1-3H3. The van der Waals surface area contributed by atoms with Crippen LogP contribution in [-0.4, -0.2) is 30.6 Å². The second-order valence-electron chi connectivity index (χ2n) is 9.30. The van der Waals surface area contributed by atoms with Gasteiger partial charge in [0.25, 0.3) is 5.91 Å². The van der Waals surface area contributed by atoms with Crippen molar-refractivity contribution in [3.63, 3.8) is 0 Å². The summed E-state index contributed by atoms with van der Waals surface area (Å²) in [5.41, 5.74) is 3.48. The van der Waals surface area contributed by atoms with E-state index in [1.54, 1.807) is 11.0 Å². The van der Waals surface area contributed by atoms with Gasteiger partial charge in [0.15, 0.2) is 16.9 Å². The van der Waals surface area contributed by atoms with Crippen LogP contribution in [0.1, 0.15) is 59.1 Å². The van der Waals surface area contributed by atoms with Crippen molar-refractivity contribution in [3.8, 4) is 11.5 Å². The van der Waals surface area contributed by atoms with E-state index in [0.717, 1.165) is 23.1 Å². The lowest BCUT2D eigenvalue weighted by Crippen LogP contribution is -2.31. The first-order chi connectivity index (χ1) is 18.0. The minimum atomic E-state index is -0.591. The summed E-state index contributed by atoms with van der Waals surface area (Å²) in [6, 6.07) is 20.5. The molecular formula is C31H31NO5. The maximum atomic E-state index is 13.8. The maximum Gasteiger partial charge on any atom is 0.290 e. The summed E-state index contributed by atoms with van der Waals surface area (Å²) in [6.45, 7) is 7.37. The van der Waals surface area contributed by atoms with Gasteiger partial charge in [0.1, 0.15) is 5.58 Å².